The van der Waals surface area contributed by atoms with Gasteiger partial charge in [-0.2, -0.15) is 0 Å². The maximum Gasteiger partial charge on any atom is 0.309 e. The number of carboxylic acids is 1. The predicted molar refractivity (Wildman–Crippen MR) is 58.8 cm³/mol. The molecule has 3 heteroatoms. The van der Waals surface area contributed by atoms with Crippen molar-refractivity contribution in [3.8, 4) is 0 Å². The lowest BCUT2D eigenvalue weighted by Gasteiger charge is -2.02. The van der Waals surface area contributed by atoms with Crippen molar-refractivity contribution in [1.82, 2.24) is 4.98 Å². The van der Waals surface area contributed by atoms with E-state index in [0.717, 1.165) is 18.5 Å². The summed E-state index contributed by atoms with van der Waals surface area (Å²) in [4.78, 5) is 14.8. The van der Waals surface area contributed by atoms with E-state index in [1.807, 2.05) is 12.1 Å². The van der Waals surface area contributed by atoms with E-state index in [2.05, 4.69) is 11.9 Å². The average molecular weight is 207 g/mol. The van der Waals surface area contributed by atoms with Crippen LogP contribution < -0.4 is 0 Å². The Kier molecular flexibility index (Phi) is 4.81. The molecule has 0 aliphatic rings. The molecule has 1 rings (SSSR count). The van der Waals surface area contributed by atoms with Crippen molar-refractivity contribution in [2.75, 3.05) is 0 Å². The highest BCUT2D eigenvalue weighted by molar-refractivity contribution is 5.69. The zero-order valence-electron chi connectivity index (χ0n) is 9.07. The molecule has 0 spiro atoms. The van der Waals surface area contributed by atoms with Gasteiger partial charge in [-0.3, -0.25) is 9.78 Å². The van der Waals surface area contributed by atoms with Gasteiger partial charge in [0.25, 0.3) is 0 Å². The van der Waals surface area contributed by atoms with E-state index in [1.54, 1.807) is 6.07 Å². The summed E-state index contributed by atoms with van der Waals surface area (Å²) >= 11 is 0. The third-order valence-corrected chi connectivity index (χ3v) is 2.23. The van der Waals surface area contributed by atoms with Crippen molar-refractivity contribution in [3.63, 3.8) is 0 Å². The fraction of sp³-hybridized carbons (Fsp3) is 0.500. The minimum absolute atomic E-state index is 0.0155. The van der Waals surface area contributed by atoms with E-state index in [1.165, 1.54) is 12.8 Å². The summed E-state index contributed by atoms with van der Waals surface area (Å²) in [5.41, 5.74) is 1.65. The minimum atomic E-state index is -0.826. The summed E-state index contributed by atoms with van der Waals surface area (Å²) in [5.74, 6) is -0.826. The first-order valence-corrected chi connectivity index (χ1v) is 5.39. The van der Waals surface area contributed by atoms with Crippen LogP contribution in [0, 0.1) is 0 Å². The summed E-state index contributed by atoms with van der Waals surface area (Å²) < 4.78 is 0. The number of hydrogen-bond donors (Lipinski definition) is 1. The Labute approximate surface area is 90.2 Å². The monoisotopic (exact) mass is 207 g/mol. The number of rotatable bonds is 6. The molecule has 0 unspecified atom stereocenters. The van der Waals surface area contributed by atoms with Crippen molar-refractivity contribution in [2.45, 2.75) is 39.0 Å². The number of nitrogens with zero attached hydrogens (tertiary/aromatic N) is 1. The highest BCUT2D eigenvalue weighted by Crippen LogP contribution is 2.06. The molecule has 0 radical (unpaired) electrons. The standard InChI is InChI=1S/C12H17NO2/c1-2-3-4-6-10-7-5-8-11(13-10)9-12(14)15/h5,7-8H,2-4,6,9H2,1H3,(H,14,15). The first-order valence-electron chi connectivity index (χ1n) is 5.39. The molecule has 82 valence electrons. The van der Waals surface area contributed by atoms with E-state index in [4.69, 9.17) is 5.11 Å². The van der Waals surface area contributed by atoms with Gasteiger partial charge in [0.15, 0.2) is 0 Å². The Morgan fingerprint density at radius 3 is 2.73 bits per heavy atom. The van der Waals surface area contributed by atoms with Crippen LogP contribution in [0.5, 0.6) is 0 Å². The summed E-state index contributed by atoms with van der Waals surface area (Å²) in [6.45, 7) is 2.16. The van der Waals surface area contributed by atoms with Crippen molar-refractivity contribution in [3.05, 3.63) is 29.6 Å². The topological polar surface area (TPSA) is 50.2 Å². The Hall–Kier alpha value is -1.38. The van der Waals surface area contributed by atoms with E-state index in [-0.39, 0.29) is 6.42 Å². The average Bonchev–Trinajstić information content (AvgIpc) is 2.18. The van der Waals surface area contributed by atoms with Crippen LogP contribution >= 0.6 is 0 Å². The molecular formula is C12H17NO2. The third-order valence-electron chi connectivity index (χ3n) is 2.23. The second kappa shape index (κ2) is 6.17. The van der Waals surface area contributed by atoms with Gasteiger partial charge in [-0.05, 0) is 25.0 Å². The van der Waals surface area contributed by atoms with E-state index >= 15 is 0 Å². The van der Waals surface area contributed by atoms with Gasteiger partial charge in [0.1, 0.15) is 0 Å². The van der Waals surface area contributed by atoms with Gasteiger partial charge in [0, 0.05) is 5.69 Å². The van der Waals surface area contributed by atoms with Gasteiger partial charge in [-0.1, -0.05) is 25.8 Å². The summed E-state index contributed by atoms with van der Waals surface area (Å²) in [7, 11) is 0. The van der Waals surface area contributed by atoms with Gasteiger partial charge in [-0.15, -0.1) is 0 Å². The van der Waals surface area contributed by atoms with Crippen molar-refractivity contribution in [2.24, 2.45) is 0 Å². The van der Waals surface area contributed by atoms with Gasteiger partial charge in [-0.25, -0.2) is 0 Å². The smallest absolute Gasteiger partial charge is 0.309 e. The van der Waals surface area contributed by atoms with Crippen LogP contribution in [0.2, 0.25) is 0 Å². The maximum atomic E-state index is 10.5. The zero-order chi connectivity index (χ0) is 11.1. The number of hydrogen-bond acceptors (Lipinski definition) is 2. The summed E-state index contributed by atoms with van der Waals surface area (Å²) in [6, 6.07) is 5.60. The number of unbranched alkanes of at least 4 members (excludes halogenated alkanes) is 2. The lowest BCUT2D eigenvalue weighted by atomic mass is 10.1. The molecule has 1 aromatic rings. The zero-order valence-corrected chi connectivity index (χ0v) is 9.07. The van der Waals surface area contributed by atoms with Crippen LogP contribution in [0.4, 0.5) is 0 Å². The van der Waals surface area contributed by atoms with Crippen LogP contribution in [0.3, 0.4) is 0 Å². The summed E-state index contributed by atoms with van der Waals surface area (Å²) in [5, 5.41) is 8.63. The maximum absolute atomic E-state index is 10.5. The van der Waals surface area contributed by atoms with Gasteiger partial charge >= 0.3 is 5.97 Å². The molecule has 0 bridgehead atoms. The molecule has 0 aliphatic carbocycles. The third kappa shape index (κ3) is 4.58. The molecule has 0 atom stereocenters. The first-order chi connectivity index (χ1) is 7.22. The minimum Gasteiger partial charge on any atom is -0.481 e. The van der Waals surface area contributed by atoms with Crippen LogP contribution in [-0.2, 0) is 17.6 Å². The SMILES string of the molecule is CCCCCc1cccc(CC(=O)O)n1. The molecule has 15 heavy (non-hydrogen) atoms. The van der Waals surface area contributed by atoms with Crippen LogP contribution in [0.1, 0.15) is 37.6 Å². The number of aromatic nitrogens is 1. The number of carboxylic acid groups (broad SMARTS) is 1. The van der Waals surface area contributed by atoms with Crippen LogP contribution in [0.15, 0.2) is 18.2 Å². The van der Waals surface area contributed by atoms with Gasteiger partial charge in [0.05, 0.1) is 12.1 Å². The lowest BCUT2D eigenvalue weighted by Crippen LogP contribution is -2.03. The fourth-order valence-corrected chi connectivity index (χ4v) is 1.48. The Morgan fingerprint density at radius 1 is 1.33 bits per heavy atom. The highest BCUT2D eigenvalue weighted by Gasteiger charge is 2.02. The highest BCUT2D eigenvalue weighted by atomic mass is 16.4. The normalized spacial score (nSPS) is 10.2. The van der Waals surface area contributed by atoms with Crippen molar-refractivity contribution < 1.29 is 9.90 Å². The molecule has 0 saturated heterocycles. The molecule has 3 nitrogen and oxygen atoms in total. The Morgan fingerprint density at radius 2 is 2.07 bits per heavy atom. The Bertz CT molecular complexity index is 323. The largest absolute Gasteiger partial charge is 0.481 e. The van der Waals surface area contributed by atoms with Crippen molar-refractivity contribution >= 4 is 5.97 Å². The van der Waals surface area contributed by atoms with E-state index in [0.29, 0.717) is 5.69 Å². The lowest BCUT2D eigenvalue weighted by molar-refractivity contribution is -0.136. The molecule has 1 N–H and O–H groups in total. The molecule has 0 saturated carbocycles. The fourth-order valence-electron chi connectivity index (χ4n) is 1.48. The molecule has 0 amide bonds. The van der Waals surface area contributed by atoms with E-state index < -0.39 is 5.97 Å². The number of carbonyl (C=O) groups is 1. The molecule has 0 fully saturated rings. The van der Waals surface area contributed by atoms with E-state index in [9.17, 15) is 4.79 Å². The number of aliphatic carboxylic acids is 1. The first kappa shape index (κ1) is 11.7. The summed E-state index contributed by atoms with van der Waals surface area (Å²) in [6.07, 6.45) is 4.47. The quantitative estimate of drug-likeness (QED) is 0.729. The molecular weight excluding hydrogens is 190 g/mol. The molecule has 1 heterocycles. The van der Waals surface area contributed by atoms with Gasteiger partial charge < -0.3 is 5.11 Å². The van der Waals surface area contributed by atoms with Gasteiger partial charge in [0.2, 0.25) is 0 Å². The van der Waals surface area contributed by atoms with Crippen LogP contribution in [0.25, 0.3) is 0 Å². The predicted octanol–water partition coefficient (Wildman–Crippen LogP) is 2.44. The van der Waals surface area contributed by atoms with Crippen molar-refractivity contribution in [1.29, 1.82) is 0 Å². The molecule has 0 aliphatic heterocycles. The number of aryl methyl sites for hydroxylation is 1. The molecule has 0 aromatic carbocycles. The second-order valence-corrected chi connectivity index (χ2v) is 3.65. The number of pyridine rings is 1. The van der Waals surface area contributed by atoms with Crippen LogP contribution in [-0.4, -0.2) is 16.1 Å². The second-order valence-electron chi connectivity index (χ2n) is 3.65. The molecule has 1 aromatic heterocycles. The Balaban J connectivity index is 2.53.